The summed E-state index contributed by atoms with van der Waals surface area (Å²) in [5, 5.41) is 9.19. The smallest absolute Gasteiger partial charge is 0.337 e. The number of imidazole rings is 1. The fraction of sp³-hybridized carbons (Fsp3) is 0.125. The highest BCUT2D eigenvalue weighted by Crippen LogP contribution is 2.22. The fourth-order valence-corrected chi connectivity index (χ4v) is 2.25. The van der Waals surface area contributed by atoms with Gasteiger partial charge in [0.25, 0.3) is 0 Å². The lowest BCUT2D eigenvalue weighted by Crippen LogP contribution is -2.06. The number of rotatable bonds is 6. The highest BCUT2D eigenvalue weighted by Gasteiger charge is 2.12. The Kier molecular flexibility index (Phi) is 4.11. The van der Waals surface area contributed by atoms with Gasteiger partial charge in [-0.25, -0.2) is 14.8 Å². The molecule has 3 rings (SSSR count). The van der Waals surface area contributed by atoms with Crippen LogP contribution in [0.15, 0.2) is 36.9 Å². The predicted octanol–water partition coefficient (Wildman–Crippen LogP) is 1.83. The van der Waals surface area contributed by atoms with Gasteiger partial charge in [0.2, 0.25) is 5.88 Å². The number of carboxylic acid groups (broad SMARTS) is 1. The summed E-state index contributed by atoms with van der Waals surface area (Å²) in [5.74, 6) is -0.476. The molecule has 0 saturated carbocycles. The van der Waals surface area contributed by atoms with Crippen molar-refractivity contribution >= 4 is 17.9 Å². The number of fused-ring (bicyclic) bond motifs is 1. The molecule has 3 heterocycles. The van der Waals surface area contributed by atoms with E-state index in [2.05, 4.69) is 9.97 Å². The number of aromatic carboxylic acids is 1. The van der Waals surface area contributed by atoms with Gasteiger partial charge in [0, 0.05) is 30.2 Å². The molecule has 3 aromatic heterocycles. The minimum Gasteiger partial charge on any atom is -0.486 e. The second-order valence-electron chi connectivity index (χ2n) is 4.89. The molecule has 0 aliphatic rings. The van der Waals surface area contributed by atoms with Gasteiger partial charge in [-0.3, -0.25) is 4.79 Å². The molecule has 0 aliphatic heterocycles. The van der Waals surface area contributed by atoms with Crippen LogP contribution in [0.25, 0.3) is 5.65 Å². The molecule has 0 aromatic carbocycles. The molecule has 0 saturated heterocycles. The highest BCUT2D eigenvalue weighted by atomic mass is 16.5. The van der Waals surface area contributed by atoms with Crippen LogP contribution in [-0.4, -0.2) is 38.8 Å². The summed E-state index contributed by atoms with van der Waals surface area (Å²) >= 11 is 0. The summed E-state index contributed by atoms with van der Waals surface area (Å²) in [5.41, 5.74) is 1.56. The monoisotopic (exact) mass is 327 g/mol. The van der Waals surface area contributed by atoms with Gasteiger partial charge in [-0.05, 0) is 6.07 Å². The standard InChI is InChI=1S/C16H13N3O5/c1-23-14-5-11(8-20)13(6-18-14)24-9-12-4-10(16(21)22)7-19-3-2-17-15(12)19/h2-8H,9H2,1H3,(H,21,22). The van der Waals surface area contributed by atoms with Crippen LogP contribution in [0.2, 0.25) is 0 Å². The van der Waals surface area contributed by atoms with Crippen LogP contribution in [0.1, 0.15) is 26.3 Å². The van der Waals surface area contributed by atoms with Crippen LogP contribution < -0.4 is 9.47 Å². The normalized spacial score (nSPS) is 10.5. The fourth-order valence-electron chi connectivity index (χ4n) is 2.25. The van der Waals surface area contributed by atoms with Gasteiger partial charge >= 0.3 is 5.97 Å². The van der Waals surface area contributed by atoms with Crippen molar-refractivity contribution in [1.82, 2.24) is 14.4 Å². The predicted molar refractivity (Wildman–Crippen MR) is 82.7 cm³/mol. The van der Waals surface area contributed by atoms with Crippen molar-refractivity contribution in [2.45, 2.75) is 6.61 Å². The first kappa shape index (κ1) is 15.5. The van der Waals surface area contributed by atoms with E-state index in [1.807, 2.05) is 0 Å². The molecule has 0 fully saturated rings. The number of nitrogens with zero attached hydrogens (tertiary/aromatic N) is 3. The lowest BCUT2D eigenvalue weighted by Gasteiger charge is -2.10. The molecule has 0 spiro atoms. The minimum absolute atomic E-state index is 0.0382. The van der Waals surface area contributed by atoms with Crippen molar-refractivity contribution < 1.29 is 24.2 Å². The third-order valence-corrected chi connectivity index (χ3v) is 3.40. The van der Waals surface area contributed by atoms with E-state index >= 15 is 0 Å². The van der Waals surface area contributed by atoms with E-state index < -0.39 is 5.97 Å². The van der Waals surface area contributed by atoms with Crippen LogP contribution in [0.4, 0.5) is 0 Å². The van der Waals surface area contributed by atoms with E-state index in [-0.39, 0.29) is 23.5 Å². The second-order valence-corrected chi connectivity index (χ2v) is 4.89. The molecule has 24 heavy (non-hydrogen) atoms. The molecule has 0 unspecified atom stereocenters. The Bertz CT molecular complexity index is 919. The Labute approximate surface area is 136 Å². The number of carboxylic acids is 1. The van der Waals surface area contributed by atoms with E-state index in [9.17, 15) is 14.7 Å². The van der Waals surface area contributed by atoms with Gasteiger partial charge in [0.15, 0.2) is 6.29 Å². The zero-order chi connectivity index (χ0) is 17.1. The number of methoxy groups -OCH3 is 1. The SMILES string of the molecule is COc1cc(C=O)c(OCc2cc(C(=O)O)cn3ccnc23)cn1. The summed E-state index contributed by atoms with van der Waals surface area (Å²) < 4.78 is 12.2. The van der Waals surface area contributed by atoms with Gasteiger partial charge in [-0.1, -0.05) is 0 Å². The lowest BCUT2D eigenvalue weighted by molar-refractivity contribution is 0.0696. The van der Waals surface area contributed by atoms with E-state index in [0.717, 1.165) is 0 Å². The van der Waals surface area contributed by atoms with Crippen molar-refractivity contribution in [3.05, 3.63) is 53.6 Å². The first-order chi connectivity index (χ1) is 11.6. The van der Waals surface area contributed by atoms with Crippen LogP contribution in [0, 0.1) is 0 Å². The van der Waals surface area contributed by atoms with Gasteiger partial charge in [-0.2, -0.15) is 0 Å². The summed E-state index contributed by atoms with van der Waals surface area (Å²) in [6.07, 6.45) is 6.71. The van der Waals surface area contributed by atoms with Crippen molar-refractivity contribution in [3.63, 3.8) is 0 Å². The van der Waals surface area contributed by atoms with Crippen molar-refractivity contribution in [2.24, 2.45) is 0 Å². The summed E-state index contributed by atoms with van der Waals surface area (Å²) in [6, 6.07) is 2.95. The molecule has 0 radical (unpaired) electrons. The Balaban J connectivity index is 1.92. The molecular formula is C16H13N3O5. The first-order valence-corrected chi connectivity index (χ1v) is 6.93. The van der Waals surface area contributed by atoms with Crippen molar-refractivity contribution in [3.8, 4) is 11.6 Å². The number of pyridine rings is 2. The number of carbonyl (C=O) groups excluding carboxylic acids is 1. The topological polar surface area (TPSA) is 103 Å². The number of hydrogen-bond acceptors (Lipinski definition) is 6. The van der Waals surface area contributed by atoms with Gasteiger partial charge in [0.1, 0.15) is 18.0 Å². The summed E-state index contributed by atoms with van der Waals surface area (Å²) in [4.78, 5) is 30.6. The summed E-state index contributed by atoms with van der Waals surface area (Å²) in [6.45, 7) is 0.0382. The van der Waals surface area contributed by atoms with Gasteiger partial charge in [0.05, 0.1) is 24.4 Å². The number of carbonyl (C=O) groups is 2. The Morgan fingerprint density at radius 3 is 2.92 bits per heavy atom. The quantitative estimate of drug-likeness (QED) is 0.689. The molecule has 0 amide bonds. The zero-order valence-corrected chi connectivity index (χ0v) is 12.7. The van der Waals surface area contributed by atoms with Crippen LogP contribution in [0.3, 0.4) is 0 Å². The molecule has 1 N–H and O–H groups in total. The molecule has 0 aliphatic carbocycles. The Hall–Kier alpha value is -3.42. The third kappa shape index (κ3) is 2.89. The molecular weight excluding hydrogens is 314 g/mol. The second kappa shape index (κ2) is 6.37. The maximum atomic E-state index is 11.2. The van der Waals surface area contributed by atoms with E-state index in [1.165, 1.54) is 31.6 Å². The number of aromatic nitrogens is 3. The zero-order valence-electron chi connectivity index (χ0n) is 12.7. The lowest BCUT2D eigenvalue weighted by atomic mass is 10.2. The molecule has 8 nitrogen and oxygen atoms in total. The Morgan fingerprint density at radius 1 is 1.38 bits per heavy atom. The molecule has 8 heteroatoms. The van der Waals surface area contributed by atoms with E-state index in [1.54, 1.807) is 16.8 Å². The third-order valence-electron chi connectivity index (χ3n) is 3.40. The number of hydrogen-bond donors (Lipinski definition) is 1. The molecule has 3 aromatic rings. The molecule has 122 valence electrons. The van der Waals surface area contributed by atoms with Gasteiger partial charge in [-0.15, -0.1) is 0 Å². The maximum absolute atomic E-state index is 11.2. The van der Waals surface area contributed by atoms with Gasteiger partial charge < -0.3 is 19.0 Å². The number of ether oxygens (including phenoxy) is 2. The largest absolute Gasteiger partial charge is 0.486 e. The summed E-state index contributed by atoms with van der Waals surface area (Å²) in [7, 11) is 1.45. The molecule has 0 bridgehead atoms. The van der Waals surface area contributed by atoms with Crippen molar-refractivity contribution in [2.75, 3.05) is 7.11 Å². The average molecular weight is 327 g/mol. The maximum Gasteiger partial charge on any atom is 0.337 e. The van der Waals surface area contributed by atoms with Crippen LogP contribution in [0.5, 0.6) is 11.6 Å². The highest BCUT2D eigenvalue weighted by molar-refractivity contribution is 5.88. The van der Waals surface area contributed by atoms with Crippen LogP contribution in [-0.2, 0) is 6.61 Å². The Morgan fingerprint density at radius 2 is 2.21 bits per heavy atom. The first-order valence-electron chi connectivity index (χ1n) is 6.93. The average Bonchev–Trinajstić information content (AvgIpc) is 3.08. The van der Waals surface area contributed by atoms with Crippen LogP contribution >= 0.6 is 0 Å². The molecule has 0 atom stereocenters. The number of aldehydes is 1. The minimum atomic E-state index is -1.05. The van der Waals surface area contributed by atoms with E-state index in [0.29, 0.717) is 23.4 Å². The van der Waals surface area contributed by atoms with Crippen molar-refractivity contribution in [1.29, 1.82) is 0 Å². The van der Waals surface area contributed by atoms with E-state index in [4.69, 9.17) is 9.47 Å².